The van der Waals surface area contributed by atoms with Crippen LogP contribution in [0.2, 0.25) is 0 Å². The number of carbonyl (C=O) groups excluding carboxylic acids is 2. The Morgan fingerprint density at radius 2 is 1.50 bits per heavy atom. The van der Waals surface area contributed by atoms with E-state index in [2.05, 4.69) is 5.32 Å². The van der Waals surface area contributed by atoms with E-state index in [4.69, 9.17) is 0 Å². The van der Waals surface area contributed by atoms with Gasteiger partial charge in [-0.1, -0.05) is 24.3 Å². The summed E-state index contributed by atoms with van der Waals surface area (Å²) in [7, 11) is 0. The van der Waals surface area contributed by atoms with Gasteiger partial charge in [-0.2, -0.15) is 0 Å². The van der Waals surface area contributed by atoms with Crippen molar-refractivity contribution in [2.75, 3.05) is 10.2 Å². The Hall–Kier alpha value is -3.80. The fraction of sp³-hybridized carbons (Fsp3) is 0.0833. The highest BCUT2D eigenvalue weighted by molar-refractivity contribution is 6.46. The number of benzene rings is 3. The maximum Gasteiger partial charge on any atom is 0.282 e. The second kappa shape index (κ2) is 7.55. The molecule has 3 aromatic rings. The number of nitrogens with one attached hydrogen (secondary N) is 1. The average Bonchev–Trinajstić information content (AvgIpc) is 2.95. The molecule has 0 radical (unpaired) electrons. The molecule has 0 aliphatic carbocycles. The van der Waals surface area contributed by atoms with Crippen LogP contribution >= 0.6 is 0 Å². The standard InChI is InChI=1S/C24H18F2N2O2/c1-14-6-7-16(12-15(14)2)21-22(27-19-5-3-4-18(26)13-19)24(30)28(23(21)29)20-10-8-17(25)9-11-20/h3-13,27H,1-2H3. The van der Waals surface area contributed by atoms with Crippen molar-refractivity contribution in [3.63, 3.8) is 0 Å². The van der Waals surface area contributed by atoms with Crippen LogP contribution in [0.25, 0.3) is 5.57 Å². The zero-order valence-electron chi connectivity index (χ0n) is 16.4. The minimum atomic E-state index is -0.593. The summed E-state index contributed by atoms with van der Waals surface area (Å²) in [5, 5.41) is 2.91. The SMILES string of the molecule is Cc1ccc(C2=C(Nc3cccc(F)c3)C(=O)N(c3ccc(F)cc3)C2=O)cc1C. The van der Waals surface area contributed by atoms with Crippen LogP contribution in [0.1, 0.15) is 16.7 Å². The van der Waals surface area contributed by atoms with E-state index in [9.17, 15) is 18.4 Å². The van der Waals surface area contributed by atoms with Crippen molar-refractivity contribution >= 4 is 28.8 Å². The largest absolute Gasteiger partial charge is 0.350 e. The van der Waals surface area contributed by atoms with Gasteiger partial charge in [0.15, 0.2) is 0 Å². The van der Waals surface area contributed by atoms with E-state index in [1.165, 1.54) is 42.5 Å². The van der Waals surface area contributed by atoms with Crippen LogP contribution in [0.4, 0.5) is 20.2 Å². The van der Waals surface area contributed by atoms with Gasteiger partial charge < -0.3 is 5.32 Å². The molecule has 4 rings (SSSR count). The van der Waals surface area contributed by atoms with Gasteiger partial charge in [0.2, 0.25) is 0 Å². The van der Waals surface area contributed by atoms with Gasteiger partial charge in [0, 0.05) is 5.69 Å². The molecule has 30 heavy (non-hydrogen) atoms. The Morgan fingerprint density at radius 3 is 2.17 bits per heavy atom. The van der Waals surface area contributed by atoms with Crippen LogP contribution in [-0.2, 0) is 9.59 Å². The molecule has 0 bridgehead atoms. The maximum absolute atomic E-state index is 13.7. The van der Waals surface area contributed by atoms with Crippen LogP contribution in [0.5, 0.6) is 0 Å². The molecule has 0 spiro atoms. The number of hydrogen-bond donors (Lipinski definition) is 1. The van der Waals surface area contributed by atoms with Gasteiger partial charge in [0.25, 0.3) is 11.8 Å². The van der Waals surface area contributed by atoms with Crippen molar-refractivity contribution in [3.8, 4) is 0 Å². The lowest BCUT2D eigenvalue weighted by Crippen LogP contribution is -2.32. The molecular weight excluding hydrogens is 386 g/mol. The summed E-state index contributed by atoms with van der Waals surface area (Å²) in [5.41, 5.74) is 3.39. The molecule has 150 valence electrons. The first-order chi connectivity index (χ1) is 14.3. The van der Waals surface area contributed by atoms with Crippen LogP contribution in [0.3, 0.4) is 0 Å². The summed E-state index contributed by atoms with van der Waals surface area (Å²) in [4.78, 5) is 27.5. The molecule has 0 atom stereocenters. The Morgan fingerprint density at radius 1 is 0.767 bits per heavy atom. The average molecular weight is 404 g/mol. The molecule has 0 saturated heterocycles. The van der Waals surface area contributed by atoms with E-state index < -0.39 is 23.4 Å². The zero-order valence-corrected chi connectivity index (χ0v) is 16.4. The number of aryl methyl sites for hydroxylation is 2. The number of hydrogen-bond acceptors (Lipinski definition) is 3. The Bertz CT molecular complexity index is 1200. The second-order valence-electron chi connectivity index (χ2n) is 7.11. The molecule has 6 heteroatoms. The lowest BCUT2D eigenvalue weighted by molar-refractivity contribution is -0.120. The topological polar surface area (TPSA) is 49.4 Å². The summed E-state index contributed by atoms with van der Waals surface area (Å²) < 4.78 is 27.0. The summed E-state index contributed by atoms with van der Waals surface area (Å²) in [6, 6.07) is 16.2. The summed E-state index contributed by atoms with van der Waals surface area (Å²) in [5.74, 6) is -2.07. The van der Waals surface area contributed by atoms with Crippen LogP contribution in [-0.4, -0.2) is 11.8 Å². The minimum absolute atomic E-state index is 0.0400. The normalized spacial score (nSPS) is 13.9. The van der Waals surface area contributed by atoms with E-state index in [0.717, 1.165) is 16.0 Å². The van der Waals surface area contributed by atoms with Gasteiger partial charge in [0.05, 0.1) is 11.3 Å². The number of nitrogens with zero attached hydrogens (tertiary/aromatic N) is 1. The number of imide groups is 1. The third kappa shape index (κ3) is 3.48. The Balaban J connectivity index is 1.84. The third-order valence-corrected chi connectivity index (χ3v) is 5.06. The van der Waals surface area contributed by atoms with E-state index >= 15 is 0 Å². The first kappa shape index (κ1) is 19.5. The second-order valence-corrected chi connectivity index (χ2v) is 7.11. The van der Waals surface area contributed by atoms with Gasteiger partial charge in [-0.15, -0.1) is 0 Å². The molecule has 0 unspecified atom stereocenters. The highest BCUT2D eigenvalue weighted by atomic mass is 19.1. The smallest absolute Gasteiger partial charge is 0.282 e. The summed E-state index contributed by atoms with van der Waals surface area (Å²) in [6.45, 7) is 3.86. The molecule has 0 fully saturated rings. The summed E-state index contributed by atoms with van der Waals surface area (Å²) in [6.07, 6.45) is 0. The van der Waals surface area contributed by atoms with Crippen molar-refractivity contribution in [1.82, 2.24) is 0 Å². The number of rotatable bonds is 4. The van der Waals surface area contributed by atoms with Crippen LogP contribution < -0.4 is 10.2 Å². The highest BCUT2D eigenvalue weighted by Gasteiger charge is 2.40. The monoisotopic (exact) mass is 404 g/mol. The van der Waals surface area contributed by atoms with Crippen molar-refractivity contribution in [2.45, 2.75) is 13.8 Å². The van der Waals surface area contributed by atoms with E-state index in [0.29, 0.717) is 11.3 Å². The fourth-order valence-electron chi connectivity index (χ4n) is 3.35. The molecule has 0 aromatic heterocycles. The van der Waals surface area contributed by atoms with E-state index in [1.807, 2.05) is 26.0 Å². The third-order valence-electron chi connectivity index (χ3n) is 5.06. The van der Waals surface area contributed by atoms with Crippen molar-refractivity contribution in [3.05, 3.63) is 101 Å². The number of carbonyl (C=O) groups is 2. The predicted molar refractivity (Wildman–Crippen MR) is 112 cm³/mol. The number of amides is 2. The number of halogens is 2. The molecule has 3 aromatic carbocycles. The van der Waals surface area contributed by atoms with E-state index in [-0.39, 0.29) is 17.0 Å². The quantitative estimate of drug-likeness (QED) is 0.624. The Labute approximate surface area is 172 Å². The van der Waals surface area contributed by atoms with Gasteiger partial charge in [-0.05, 0) is 73.0 Å². The van der Waals surface area contributed by atoms with Gasteiger partial charge in [-0.25, -0.2) is 13.7 Å². The van der Waals surface area contributed by atoms with Gasteiger partial charge >= 0.3 is 0 Å². The van der Waals surface area contributed by atoms with Gasteiger partial charge in [0.1, 0.15) is 17.3 Å². The first-order valence-corrected chi connectivity index (χ1v) is 9.34. The van der Waals surface area contributed by atoms with Crippen LogP contribution in [0.15, 0.2) is 72.4 Å². The first-order valence-electron chi connectivity index (χ1n) is 9.34. The van der Waals surface area contributed by atoms with E-state index in [1.54, 1.807) is 12.1 Å². The molecule has 1 aliphatic heterocycles. The summed E-state index contributed by atoms with van der Waals surface area (Å²) >= 11 is 0. The Kier molecular flexibility index (Phi) is 4.91. The zero-order chi connectivity index (χ0) is 21.4. The predicted octanol–water partition coefficient (Wildman–Crippen LogP) is 4.98. The lowest BCUT2D eigenvalue weighted by Gasteiger charge is -2.15. The lowest BCUT2D eigenvalue weighted by atomic mass is 9.99. The van der Waals surface area contributed by atoms with Crippen molar-refractivity contribution in [2.24, 2.45) is 0 Å². The fourth-order valence-corrected chi connectivity index (χ4v) is 3.35. The molecule has 2 amide bonds. The maximum atomic E-state index is 13.7. The molecule has 1 aliphatic rings. The van der Waals surface area contributed by atoms with Crippen LogP contribution in [0, 0.1) is 25.5 Å². The van der Waals surface area contributed by atoms with Gasteiger partial charge in [-0.3, -0.25) is 9.59 Å². The minimum Gasteiger partial charge on any atom is -0.350 e. The molecule has 1 N–H and O–H groups in total. The highest BCUT2D eigenvalue weighted by Crippen LogP contribution is 2.34. The molecule has 1 heterocycles. The molecular formula is C24H18F2N2O2. The molecule has 4 nitrogen and oxygen atoms in total. The van der Waals surface area contributed by atoms with Crippen molar-refractivity contribution < 1.29 is 18.4 Å². The van der Waals surface area contributed by atoms with Crippen molar-refractivity contribution in [1.29, 1.82) is 0 Å². The number of anilines is 2. The molecule has 0 saturated carbocycles.